The van der Waals surface area contributed by atoms with Crippen molar-refractivity contribution in [3.8, 4) is 0 Å². The number of aryl methyl sites for hydroxylation is 1. The highest BCUT2D eigenvalue weighted by molar-refractivity contribution is 9.10. The van der Waals surface area contributed by atoms with Crippen molar-refractivity contribution in [3.05, 3.63) is 80.8 Å². The van der Waals surface area contributed by atoms with Crippen LogP contribution in [0.1, 0.15) is 76.6 Å². The van der Waals surface area contributed by atoms with E-state index in [0.29, 0.717) is 44.7 Å². The van der Waals surface area contributed by atoms with Gasteiger partial charge in [-0.1, -0.05) is 25.4 Å². The fourth-order valence-electron chi connectivity index (χ4n) is 7.41. The second kappa shape index (κ2) is 19.0. The lowest BCUT2D eigenvalue weighted by Gasteiger charge is -2.48. The normalized spacial score (nSPS) is 19.6. The van der Waals surface area contributed by atoms with Gasteiger partial charge in [-0.25, -0.2) is 19.6 Å². The highest BCUT2D eigenvalue weighted by atomic mass is 79.9. The van der Waals surface area contributed by atoms with E-state index in [1.807, 2.05) is 24.0 Å². The molecule has 14 heteroatoms. The number of rotatable bonds is 8. The topological polar surface area (TPSA) is 120 Å². The molecule has 2 aromatic heterocycles. The molecule has 0 bridgehead atoms. The summed E-state index contributed by atoms with van der Waals surface area (Å²) in [5, 5.41) is 4.12. The van der Waals surface area contributed by atoms with Gasteiger partial charge < -0.3 is 29.5 Å². The van der Waals surface area contributed by atoms with E-state index >= 15 is 0 Å². The monoisotopic (exact) mass is 811 g/mol. The molecule has 6 rings (SSSR count). The number of likely N-dealkylation sites (tertiary alicyclic amines) is 1. The van der Waals surface area contributed by atoms with Gasteiger partial charge in [0.05, 0.1) is 31.3 Å². The molecule has 5 heterocycles. The summed E-state index contributed by atoms with van der Waals surface area (Å²) in [6.07, 6.45) is 4.14. The number of carbonyl (C=O) groups is 3. The Morgan fingerprint density at radius 2 is 1.43 bits per heavy atom. The Labute approximate surface area is 326 Å². The maximum Gasteiger partial charge on any atom is 0.356 e. The number of anilines is 2. The van der Waals surface area contributed by atoms with Crippen LogP contribution < -0.4 is 15.1 Å². The van der Waals surface area contributed by atoms with Gasteiger partial charge >= 0.3 is 11.9 Å². The number of pyridine rings is 2. The van der Waals surface area contributed by atoms with Gasteiger partial charge in [-0.05, 0) is 97.1 Å². The quantitative estimate of drug-likeness (QED) is 0.218. The second-order valence-electron chi connectivity index (χ2n) is 13.6. The predicted octanol–water partition coefficient (Wildman–Crippen LogP) is 5.85. The summed E-state index contributed by atoms with van der Waals surface area (Å²) in [5.74, 6) is -0.740. The molecule has 3 aliphatic rings. The number of hydrogen-bond donors (Lipinski definition) is 1. The van der Waals surface area contributed by atoms with Gasteiger partial charge in [0.25, 0.3) is 5.91 Å². The first-order valence-corrected chi connectivity index (χ1v) is 19.6. The summed E-state index contributed by atoms with van der Waals surface area (Å²) >= 11 is 9.40. The number of hydrogen-bond acceptors (Lipinski definition) is 11. The number of benzene rings is 1. The van der Waals surface area contributed by atoms with E-state index in [1.165, 1.54) is 14.2 Å². The molecule has 0 radical (unpaired) electrons. The molecule has 0 aliphatic carbocycles. The molecule has 0 unspecified atom stereocenters. The molecular weight excluding hydrogens is 762 g/mol. The maximum atomic E-state index is 12.9. The van der Waals surface area contributed by atoms with E-state index in [2.05, 4.69) is 64.5 Å². The highest BCUT2D eigenvalue weighted by Crippen LogP contribution is 2.29. The summed E-state index contributed by atoms with van der Waals surface area (Å²) in [7, 11) is 2.73. The van der Waals surface area contributed by atoms with E-state index in [4.69, 9.17) is 16.3 Å². The molecule has 53 heavy (non-hydrogen) atoms. The van der Waals surface area contributed by atoms with Crippen molar-refractivity contribution in [1.82, 2.24) is 25.1 Å². The highest BCUT2D eigenvalue weighted by Gasteiger charge is 2.34. The number of methoxy groups -OCH3 is 2. The number of aromatic nitrogens is 2. The van der Waals surface area contributed by atoms with Gasteiger partial charge in [-0.3, -0.25) is 9.69 Å². The van der Waals surface area contributed by atoms with Crippen LogP contribution >= 0.6 is 27.5 Å². The van der Waals surface area contributed by atoms with Crippen LogP contribution in [0.25, 0.3) is 0 Å². The van der Waals surface area contributed by atoms with Crippen LogP contribution in [0.5, 0.6) is 0 Å². The summed E-state index contributed by atoms with van der Waals surface area (Å²) < 4.78 is 10.1. The Balaban J connectivity index is 0.000000241. The number of piperidine rings is 1. The minimum Gasteiger partial charge on any atom is -0.464 e. The molecular formula is C39H51BrClN7O5. The van der Waals surface area contributed by atoms with E-state index in [0.717, 1.165) is 95.1 Å². The molecule has 3 aliphatic heterocycles. The SMILES string of the molecule is CC[C@H]1CN(c2ccc(C(=O)OC)nc2Br)CCN1.CC[C@H]1CN(c2ccc(C(=O)OC)nc2C)CCN1C1CCN(C(=O)c2ccc(Cl)cc2)CC1. The zero-order chi connectivity index (χ0) is 38.1. The van der Waals surface area contributed by atoms with E-state index in [1.54, 1.807) is 36.4 Å². The van der Waals surface area contributed by atoms with Crippen molar-refractivity contribution < 1.29 is 23.9 Å². The molecule has 3 aromatic rings. The van der Waals surface area contributed by atoms with Crippen LogP contribution in [-0.2, 0) is 9.47 Å². The van der Waals surface area contributed by atoms with Crippen molar-refractivity contribution in [2.75, 3.05) is 76.4 Å². The van der Waals surface area contributed by atoms with Crippen molar-refractivity contribution in [2.45, 2.75) is 64.6 Å². The van der Waals surface area contributed by atoms with Gasteiger partial charge in [0.1, 0.15) is 16.0 Å². The summed E-state index contributed by atoms with van der Waals surface area (Å²) in [4.78, 5) is 54.1. The smallest absolute Gasteiger partial charge is 0.356 e. The summed E-state index contributed by atoms with van der Waals surface area (Å²) in [6.45, 7) is 13.6. The molecule has 12 nitrogen and oxygen atoms in total. The molecule has 1 aromatic carbocycles. The fraction of sp³-hybridized carbons (Fsp3) is 0.513. The minimum atomic E-state index is -0.418. The number of nitrogens with zero attached hydrogens (tertiary/aromatic N) is 6. The third-order valence-corrected chi connectivity index (χ3v) is 11.3. The van der Waals surface area contributed by atoms with Gasteiger partial charge in [-0.15, -0.1) is 0 Å². The van der Waals surface area contributed by atoms with Crippen LogP contribution in [0.4, 0.5) is 11.4 Å². The zero-order valence-corrected chi connectivity index (χ0v) is 33.7. The van der Waals surface area contributed by atoms with Crippen LogP contribution in [-0.4, -0.2) is 122 Å². The number of ether oxygens (including phenoxy) is 2. The molecule has 286 valence electrons. The van der Waals surface area contributed by atoms with Gasteiger partial charge in [0, 0.05) is 81.1 Å². The number of nitrogens with one attached hydrogen (secondary N) is 1. The molecule has 0 spiro atoms. The number of halogens is 2. The molecule has 3 saturated heterocycles. The molecule has 2 atom stereocenters. The van der Waals surface area contributed by atoms with E-state index < -0.39 is 11.9 Å². The number of amides is 1. The third kappa shape index (κ3) is 10.1. The van der Waals surface area contributed by atoms with Crippen molar-refractivity contribution in [3.63, 3.8) is 0 Å². The summed E-state index contributed by atoms with van der Waals surface area (Å²) in [6, 6.07) is 15.9. The van der Waals surface area contributed by atoms with E-state index in [-0.39, 0.29) is 5.91 Å². The fourth-order valence-corrected chi connectivity index (χ4v) is 8.11. The number of piperazine rings is 2. The zero-order valence-electron chi connectivity index (χ0n) is 31.3. The Bertz CT molecular complexity index is 1720. The Morgan fingerprint density at radius 1 is 0.811 bits per heavy atom. The van der Waals surface area contributed by atoms with Crippen molar-refractivity contribution in [1.29, 1.82) is 0 Å². The van der Waals surface area contributed by atoms with Crippen LogP contribution in [0.3, 0.4) is 0 Å². The van der Waals surface area contributed by atoms with Gasteiger partial charge in [0.15, 0.2) is 0 Å². The number of carbonyl (C=O) groups excluding carboxylic acids is 3. The first-order valence-electron chi connectivity index (χ1n) is 18.4. The van der Waals surface area contributed by atoms with Gasteiger partial charge in [0.2, 0.25) is 0 Å². The van der Waals surface area contributed by atoms with Crippen LogP contribution in [0, 0.1) is 6.92 Å². The average molecular weight is 813 g/mol. The lowest BCUT2D eigenvalue weighted by atomic mass is 9.97. The molecule has 3 fully saturated rings. The lowest BCUT2D eigenvalue weighted by molar-refractivity contribution is 0.0490. The Hall–Kier alpha value is -3.78. The van der Waals surface area contributed by atoms with Crippen LogP contribution in [0.2, 0.25) is 5.02 Å². The Morgan fingerprint density at radius 3 is 2.02 bits per heavy atom. The minimum absolute atomic E-state index is 0.0883. The molecule has 0 saturated carbocycles. The first kappa shape index (κ1) is 40.4. The standard InChI is InChI=1S/C26H33ClN4O3.C13H18BrN3O2/c1-4-21-17-30(24-10-9-23(26(33)34-3)28-18(24)2)15-16-31(21)22-11-13-29(14-12-22)25(32)19-5-7-20(27)8-6-19;1-3-9-8-17(7-6-15-9)11-5-4-10(13(18)19-2)16-12(11)14/h5-10,21-22H,4,11-17H2,1-3H3;4-5,9,15H,3,6-8H2,1-2H3/t21-;9-/m00/s1. The van der Waals surface area contributed by atoms with E-state index in [9.17, 15) is 14.4 Å². The maximum absolute atomic E-state index is 12.9. The lowest BCUT2D eigenvalue weighted by Crippen LogP contribution is -2.58. The second-order valence-corrected chi connectivity index (χ2v) is 14.8. The average Bonchev–Trinajstić information content (AvgIpc) is 3.20. The van der Waals surface area contributed by atoms with Crippen molar-refractivity contribution >= 4 is 56.8 Å². The molecule has 1 amide bonds. The molecule has 1 N–H and O–H groups in total. The Kier molecular flexibility index (Phi) is 14.5. The predicted molar refractivity (Wildman–Crippen MR) is 211 cm³/mol. The van der Waals surface area contributed by atoms with Crippen molar-refractivity contribution in [2.24, 2.45) is 0 Å². The van der Waals surface area contributed by atoms with Gasteiger partial charge in [-0.2, -0.15) is 0 Å². The van der Waals surface area contributed by atoms with Crippen LogP contribution in [0.15, 0.2) is 53.1 Å². The third-order valence-electron chi connectivity index (χ3n) is 10.4. The summed E-state index contributed by atoms with van der Waals surface area (Å²) in [5.41, 5.74) is 4.31. The number of esters is 2. The largest absolute Gasteiger partial charge is 0.464 e. The first-order chi connectivity index (χ1) is 25.6.